The molecule has 2 atom stereocenters. The number of amides is 2. The minimum Gasteiger partial charge on any atom is -0.497 e. The van der Waals surface area contributed by atoms with E-state index in [1.165, 1.54) is 4.90 Å². The quantitative estimate of drug-likeness (QED) is 0.571. The number of para-hydroxylation sites is 1. The first-order valence-corrected chi connectivity index (χ1v) is 10.8. The lowest BCUT2D eigenvalue weighted by molar-refractivity contribution is -0.910. The lowest BCUT2D eigenvalue weighted by Crippen LogP contribution is -3.11. The molecule has 0 radical (unpaired) electrons. The van der Waals surface area contributed by atoms with Crippen LogP contribution in [0.5, 0.6) is 11.5 Å². The van der Waals surface area contributed by atoms with Crippen molar-refractivity contribution in [2.24, 2.45) is 0 Å². The number of hydrogen-bond acceptors (Lipinski definition) is 4. The first kappa shape index (κ1) is 22.6. The lowest BCUT2D eigenvalue weighted by Gasteiger charge is -2.23. The van der Waals surface area contributed by atoms with Gasteiger partial charge < -0.3 is 25.0 Å². The van der Waals surface area contributed by atoms with Gasteiger partial charge in [0.25, 0.3) is 5.91 Å². The summed E-state index contributed by atoms with van der Waals surface area (Å²) in [5.41, 5.74) is 2.94. The van der Waals surface area contributed by atoms with Crippen LogP contribution in [0.1, 0.15) is 36.9 Å². The van der Waals surface area contributed by atoms with Crippen LogP contribution in [0.2, 0.25) is 0 Å². The van der Waals surface area contributed by atoms with E-state index < -0.39 is 0 Å². The number of ether oxygens (including phenoxy) is 2. The van der Waals surface area contributed by atoms with Crippen molar-refractivity contribution in [2.45, 2.75) is 32.2 Å². The number of likely N-dealkylation sites (tertiary alicyclic amines) is 1. The zero-order valence-corrected chi connectivity index (χ0v) is 18.5. The summed E-state index contributed by atoms with van der Waals surface area (Å²) in [4.78, 5) is 26.0. The second-order valence-corrected chi connectivity index (χ2v) is 7.72. The average Bonchev–Trinajstić information content (AvgIpc) is 3.25. The predicted molar refractivity (Wildman–Crippen MR) is 120 cm³/mol. The Hall–Kier alpha value is -3.06. The zero-order chi connectivity index (χ0) is 22.2. The van der Waals surface area contributed by atoms with Crippen LogP contribution in [-0.2, 0) is 16.0 Å². The molecule has 7 heteroatoms. The fourth-order valence-electron chi connectivity index (χ4n) is 4.20. The summed E-state index contributed by atoms with van der Waals surface area (Å²) < 4.78 is 10.8. The molecule has 1 fully saturated rings. The number of hydrogen-bond donors (Lipinski definition) is 3. The number of rotatable bonds is 9. The van der Waals surface area contributed by atoms with Crippen molar-refractivity contribution in [2.75, 3.05) is 39.2 Å². The number of methoxy groups -OCH3 is 2. The normalized spacial score (nSPS) is 17.8. The van der Waals surface area contributed by atoms with Gasteiger partial charge in [-0.15, -0.1) is 0 Å². The molecule has 1 heterocycles. The van der Waals surface area contributed by atoms with Crippen LogP contribution in [0, 0.1) is 0 Å². The van der Waals surface area contributed by atoms with Crippen LogP contribution in [0.3, 0.4) is 0 Å². The molecule has 7 nitrogen and oxygen atoms in total. The van der Waals surface area contributed by atoms with Gasteiger partial charge in [-0.25, -0.2) is 0 Å². The van der Waals surface area contributed by atoms with Crippen molar-refractivity contribution in [3.05, 3.63) is 53.6 Å². The number of carbonyl (C=O) groups excluding carboxylic acids is 2. The molecule has 2 aromatic carbocycles. The van der Waals surface area contributed by atoms with E-state index in [9.17, 15) is 9.59 Å². The molecule has 1 aliphatic rings. The van der Waals surface area contributed by atoms with Crippen LogP contribution < -0.4 is 25.0 Å². The molecule has 166 valence electrons. The van der Waals surface area contributed by atoms with Crippen LogP contribution >= 0.6 is 0 Å². The standard InChI is InChI=1S/C24H31N3O4/c1-4-17-8-5-6-9-20(17)26-23(28)15-25-24(29)16-27-13-7-10-21(27)19-12-11-18(30-2)14-22(19)31-3/h5-6,8-9,11-12,14,21H,4,7,10,13,15-16H2,1-3H3,(H,25,29)(H,26,28)/p+1/t21-/m0/s1. The van der Waals surface area contributed by atoms with Gasteiger partial charge in [0, 0.05) is 24.6 Å². The van der Waals surface area contributed by atoms with E-state index in [1.54, 1.807) is 14.2 Å². The third kappa shape index (κ3) is 5.76. The van der Waals surface area contributed by atoms with E-state index in [4.69, 9.17) is 9.47 Å². The second-order valence-electron chi connectivity index (χ2n) is 7.72. The van der Waals surface area contributed by atoms with E-state index in [2.05, 4.69) is 10.6 Å². The Morgan fingerprint density at radius 1 is 1.10 bits per heavy atom. The molecular weight excluding hydrogens is 394 g/mol. The van der Waals surface area contributed by atoms with Gasteiger partial charge in [0.05, 0.1) is 32.9 Å². The first-order valence-electron chi connectivity index (χ1n) is 10.8. The number of quaternary nitrogens is 1. The largest absolute Gasteiger partial charge is 0.497 e. The van der Waals surface area contributed by atoms with Gasteiger partial charge in [-0.05, 0) is 30.2 Å². The summed E-state index contributed by atoms with van der Waals surface area (Å²) in [7, 11) is 3.28. The Kier molecular flexibility index (Phi) is 7.89. The van der Waals surface area contributed by atoms with Crippen LogP contribution in [0.4, 0.5) is 5.69 Å². The summed E-state index contributed by atoms with van der Waals surface area (Å²) in [6.45, 7) is 3.22. The van der Waals surface area contributed by atoms with Crippen molar-refractivity contribution in [1.29, 1.82) is 0 Å². The smallest absolute Gasteiger partial charge is 0.275 e. The minimum absolute atomic E-state index is 0.0410. The third-order valence-corrected chi connectivity index (χ3v) is 5.81. The van der Waals surface area contributed by atoms with Gasteiger partial charge in [0.2, 0.25) is 5.91 Å². The van der Waals surface area contributed by atoms with Gasteiger partial charge >= 0.3 is 0 Å². The molecule has 2 amide bonds. The first-order chi connectivity index (χ1) is 15.0. The minimum atomic E-state index is -0.223. The van der Waals surface area contributed by atoms with Gasteiger partial charge in [-0.3, -0.25) is 9.59 Å². The molecule has 1 saturated heterocycles. The molecule has 0 aliphatic carbocycles. The van der Waals surface area contributed by atoms with Crippen molar-refractivity contribution >= 4 is 17.5 Å². The maximum Gasteiger partial charge on any atom is 0.275 e. The maximum absolute atomic E-state index is 12.5. The maximum atomic E-state index is 12.5. The van der Waals surface area contributed by atoms with Gasteiger partial charge in [0.15, 0.2) is 6.54 Å². The lowest BCUT2D eigenvalue weighted by atomic mass is 10.0. The molecule has 3 rings (SSSR count). The number of carbonyl (C=O) groups is 2. The molecule has 2 aromatic rings. The summed E-state index contributed by atoms with van der Waals surface area (Å²) in [6, 6.07) is 13.7. The molecule has 1 unspecified atom stereocenters. The highest BCUT2D eigenvalue weighted by molar-refractivity contribution is 5.95. The number of anilines is 1. The summed E-state index contributed by atoms with van der Waals surface area (Å²) in [5, 5.41) is 5.64. The number of benzene rings is 2. The topological polar surface area (TPSA) is 81.1 Å². The summed E-state index contributed by atoms with van der Waals surface area (Å²) in [6.07, 6.45) is 2.85. The van der Waals surface area contributed by atoms with Crippen LogP contribution in [0.15, 0.2) is 42.5 Å². The highest BCUT2D eigenvalue weighted by Gasteiger charge is 2.33. The Morgan fingerprint density at radius 3 is 2.65 bits per heavy atom. The van der Waals surface area contributed by atoms with E-state index in [-0.39, 0.29) is 24.4 Å². The molecular formula is C24H32N3O4+. The predicted octanol–water partition coefficient (Wildman–Crippen LogP) is 1.74. The van der Waals surface area contributed by atoms with Gasteiger partial charge in [-0.1, -0.05) is 25.1 Å². The highest BCUT2D eigenvalue weighted by atomic mass is 16.5. The molecule has 31 heavy (non-hydrogen) atoms. The van der Waals surface area contributed by atoms with Crippen molar-refractivity contribution < 1.29 is 24.0 Å². The van der Waals surface area contributed by atoms with Crippen molar-refractivity contribution in [3.8, 4) is 11.5 Å². The Labute approximate surface area is 183 Å². The summed E-state index contributed by atoms with van der Waals surface area (Å²) >= 11 is 0. The fraction of sp³-hybridized carbons (Fsp3) is 0.417. The van der Waals surface area contributed by atoms with E-state index in [0.29, 0.717) is 6.54 Å². The van der Waals surface area contributed by atoms with Crippen LogP contribution in [0.25, 0.3) is 0 Å². The average molecular weight is 427 g/mol. The second kappa shape index (κ2) is 10.8. The van der Waals surface area contributed by atoms with Crippen molar-refractivity contribution in [3.63, 3.8) is 0 Å². The summed E-state index contributed by atoms with van der Waals surface area (Å²) in [5.74, 6) is 1.17. The number of aryl methyl sites for hydroxylation is 1. The van der Waals surface area contributed by atoms with Crippen LogP contribution in [-0.4, -0.2) is 45.7 Å². The third-order valence-electron chi connectivity index (χ3n) is 5.81. The Balaban J connectivity index is 1.56. The SMILES string of the molecule is CCc1ccccc1NC(=O)CNC(=O)C[NH+]1CCC[C@H]1c1ccc(OC)cc1OC. The van der Waals surface area contributed by atoms with E-state index >= 15 is 0 Å². The Bertz CT molecular complexity index is 915. The molecule has 0 saturated carbocycles. The zero-order valence-electron chi connectivity index (χ0n) is 18.5. The molecule has 3 N–H and O–H groups in total. The van der Waals surface area contributed by atoms with Crippen molar-refractivity contribution in [1.82, 2.24) is 5.32 Å². The number of nitrogens with one attached hydrogen (secondary N) is 3. The Morgan fingerprint density at radius 2 is 1.90 bits per heavy atom. The highest BCUT2D eigenvalue weighted by Crippen LogP contribution is 2.31. The van der Waals surface area contributed by atoms with Gasteiger partial charge in [0.1, 0.15) is 17.5 Å². The van der Waals surface area contributed by atoms with E-state index in [0.717, 1.165) is 54.1 Å². The monoisotopic (exact) mass is 426 g/mol. The van der Waals surface area contributed by atoms with E-state index in [1.807, 2.05) is 49.4 Å². The van der Waals surface area contributed by atoms with Gasteiger partial charge in [-0.2, -0.15) is 0 Å². The molecule has 0 spiro atoms. The molecule has 0 bridgehead atoms. The fourth-order valence-corrected chi connectivity index (χ4v) is 4.20. The molecule has 0 aromatic heterocycles. The molecule has 1 aliphatic heterocycles.